The van der Waals surface area contributed by atoms with E-state index in [-0.39, 0.29) is 4.90 Å². The SMILES string of the molecule is COc1ccc(OC)c([C@H](C)NS(=O)(=O)c2ccccc2)c1. The summed E-state index contributed by atoms with van der Waals surface area (Å²) in [5, 5.41) is 0. The van der Waals surface area contributed by atoms with Gasteiger partial charge in [0.1, 0.15) is 11.5 Å². The molecule has 1 atom stereocenters. The Morgan fingerprint density at radius 3 is 2.27 bits per heavy atom. The zero-order valence-corrected chi connectivity index (χ0v) is 13.6. The van der Waals surface area contributed by atoms with Crippen molar-refractivity contribution in [1.29, 1.82) is 0 Å². The molecule has 0 saturated carbocycles. The third-order valence-corrected chi connectivity index (χ3v) is 4.85. The van der Waals surface area contributed by atoms with Crippen LogP contribution in [0, 0.1) is 0 Å². The van der Waals surface area contributed by atoms with Crippen LogP contribution in [0.25, 0.3) is 0 Å². The molecule has 2 rings (SSSR count). The second kappa shape index (κ2) is 6.81. The summed E-state index contributed by atoms with van der Waals surface area (Å²) in [7, 11) is -0.493. The lowest BCUT2D eigenvalue weighted by molar-refractivity contribution is 0.395. The monoisotopic (exact) mass is 321 g/mol. The van der Waals surface area contributed by atoms with Gasteiger partial charge in [0.15, 0.2) is 0 Å². The summed E-state index contributed by atoms with van der Waals surface area (Å²) < 4.78 is 37.9. The zero-order chi connectivity index (χ0) is 16.2. The number of ether oxygens (including phenoxy) is 2. The smallest absolute Gasteiger partial charge is 0.241 e. The Morgan fingerprint density at radius 2 is 1.68 bits per heavy atom. The van der Waals surface area contributed by atoms with Crippen LogP contribution in [0.4, 0.5) is 0 Å². The lowest BCUT2D eigenvalue weighted by atomic mass is 10.1. The molecule has 0 unspecified atom stereocenters. The molecule has 118 valence electrons. The second-order valence-corrected chi connectivity index (χ2v) is 6.48. The van der Waals surface area contributed by atoms with Gasteiger partial charge >= 0.3 is 0 Å². The third-order valence-electron chi connectivity index (χ3n) is 3.29. The van der Waals surface area contributed by atoms with Crippen LogP contribution in [0.2, 0.25) is 0 Å². The van der Waals surface area contributed by atoms with Gasteiger partial charge in [-0.25, -0.2) is 13.1 Å². The number of rotatable bonds is 6. The van der Waals surface area contributed by atoms with Crippen molar-refractivity contribution >= 4 is 10.0 Å². The van der Waals surface area contributed by atoms with E-state index in [1.54, 1.807) is 69.7 Å². The van der Waals surface area contributed by atoms with Crippen LogP contribution < -0.4 is 14.2 Å². The lowest BCUT2D eigenvalue weighted by Crippen LogP contribution is -2.27. The van der Waals surface area contributed by atoms with Gasteiger partial charge in [0.25, 0.3) is 0 Å². The summed E-state index contributed by atoms with van der Waals surface area (Å²) in [6.45, 7) is 1.76. The maximum atomic E-state index is 12.4. The molecule has 0 radical (unpaired) electrons. The van der Waals surface area contributed by atoms with Crippen molar-refractivity contribution in [2.24, 2.45) is 0 Å². The highest BCUT2D eigenvalue weighted by Gasteiger charge is 2.20. The fraction of sp³-hybridized carbons (Fsp3) is 0.250. The largest absolute Gasteiger partial charge is 0.497 e. The van der Waals surface area contributed by atoms with Gasteiger partial charge in [-0.3, -0.25) is 0 Å². The molecule has 0 aliphatic heterocycles. The van der Waals surface area contributed by atoms with Gasteiger partial charge in [-0.1, -0.05) is 18.2 Å². The molecule has 0 saturated heterocycles. The summed E-state index contributed by atoms with van der Waals surface area (Å²) in [6.07, 6.45) is 0. The van der Waals surface area contributed by atoms with E-state index in [0.29, 0.717) is 17.1 Å². The van der Waals surface area contributed by atoms with Gasteiger partial charge < -0.3 is 9.47 Å². The van der Waals surface area contributed by atoms with Crippen LogP contribution in [0.5, 0.6) is 11.5 Å². The van der Waals surface area contributed by atoms with Crippen LogP contribution in [-0.4, -0.2) is 22.6 Å². The Balaban J connectivity index is 2.31. The van der Waals surface area contributed by atoms with Gasteiger partial charge in [-0.2, -0.15) is 0 Å². The first-order valence-corrected chi connectivity index (χ1v) is 8.25. The average molecular weight is 321 g/mol. The molecule has 5 nitrogen and oxygen atoms in total. The Bertz CT molecular complexity index is 729. The molecule has 0 amide bonds. The van der Waals surface area contributed by atoms with Crippen LogP contribution in [0.15, 0.2) is 53.4 Å². The van der Waals surface area contributed by atoms with Crippen molar-refractivity contribution in [3.63, 3.8) is 0 Å². The fourth-order valence-electron chi connectivity index (χ4n) is 2.14. The predicted octanol–water partition coefficient (Wildman–Crippen LogP) is 2.74. The van der Waals surface area contributed by atoms with E-state index in [9.17, 15) is 8.42 Å². The number of hydrogen-bond donors (Lipinski definition) is 1. The fourth-order valence-corrected chi connectivity index (χ4v) is 3.39. The van der Waals surface area contributed by atoms with Gasteiger partial charge in [0.2, 0.25) is 10.0 Å². The molecule has 6 heteroatoms. The second-order valence-electron chi connectivity index (χ2n) is 4.76. The Kier molecular flexibility index (Phi) is 5.05. The molecule has 0 spiro atoms. The standard InChI is InChI=1S/C16H19NO4S/c1-12(15-11-13(20-2)9-10-16(15)21-3)17-22(18,19)14-7-5-4-6-8-14/h4-12,17H,1-3H3/t12-/m0/s1. The van der Waals surface area contributed by atoms with Gasteiger partial charge in [-0.15, -0.1) is 0 Å². The zero-order valence-electron chi connectivity index (χ0n) is 12.7. The van der Waals surface area contributed by atoms with Crippen molar-refractivity contribution in [2.75, 3.05) is 14.2 Å². The van der Waals surface area contributed by atoms with Crippen LogP contribution >= 0.6 is 0 Å². The Hall–Kier alpha value is -2.05. The molecular weight excluding hydrogens is 302 g/mol. The molecule has 2 aromatic carbocycles. The molecule has 0 aliphatic carbocycles. The minimum Gasteiger partial charge on any atom is -0.497 e. The van der Waals surface area contributed by atoms with Crippen molar-refractivity contribution in [1.82, 2.24) is 4.72 Å². The summed E-state index contributed by atoms with van der Waals surface area (Å²) in [4.78, 5) is 0.226. The molecule has 2 aromatic rings. The molecule has 0 fully saturated rings. The summed E-state index contributed by atoms with van der Waals surface area (Å²) in [5.41, 5.74) is 0.710. The Labute approximate surface area is 130 Å². The highest BCUT2D eigenvalue weighted by Crippen LogP contribution is 2.30. The van der Waals surface area contributed by atoms with E-state index in [4.69, 9.17) is 9.47 Å². The maximum absolute atomic E-state index is 12.4. The first-order valence-electron chi connectivity index (χ1n) is 6.77. The minimum absolute atomic E-state index is 0.226. The van der Waals surface area contributed by atoms with Crippen molar-refractivity contribution in [3.05, 3.63) is 54.1 Å². The van der Waals surface area contributed by atoms with Crippen molar-refractivity contribution in [3.8, 4) is 11.5 Å². The number of sulfonamides is 1. The quantitative estimate of drug-likeness (QED) is 0.888. The van der Waals surface area contributed by atoms with E-state index in [0.717, 1.165) is 0 Å². The van der Waals surface area contributed by atoms with E-state index in [2.05, 4.69) is 4.72 Å². The predicted molar refractivity (Wildman–Crippen MR) is 84.7 cm³/mol. The maximum Gasteiger partial charge on any atom is 0.241 e. The van der Waals surface area contributed by atoms with E-state index >= 15 is 0 Å². The van der Waals surface area contributed by atoms with Crippen LogP contribution in [0.1, 0.15) is 18.5 Å². The first kappa shape index (κ1) is 16.3. The van der Waals surface area contributed by atoms with E-state index in [1.807, 2.05) is 0 Å². The van der Waals surface area contributed by atoms with Crippen molar-refractivity contribution < 1.29 is 17.9 Å². The third kappa shape index (κ3) is 3.58. The normalized spacial score (nSPS) is 12.7. The lowest BCUT2D eigenvalue weighted by Gasteiger charge is -2.18. The molecule has 0 heterocycles. The van der Waals surface area contributed by atoms with Crippen molar-refractivity contribution in [2.45, 2.75) is 17.9 Å². The molecule has 0 aromatic heterocycles. The number of methoxy groups -OCH3 is 2. The number of benzene rings is 2. The molecule has 0 bridgehead atoms. The molecular formula is C16H19NO4S. The average Bonchev–Trinajstić information content (AvgIpc) is 2.54. The molecule has 1 N–H and O–H groups in total. The number of nitrogens with one attached hydrogen (secondary N) is 1. The van der Waals surface area contributed by atoms with Crippen LogP contribution in [-0.2, 0) is 10.0 Å². The Morgan fingerprint density at radius 1 is 1.00 bits per heavy atom. The van der Waals surface area contributed by atoms with Gasteiger partial charge in [-0.05, 0) is 37.3 Å². The highest BCUT2D eigenvalue weighted by atomic mass is 32.2. The van der Waals surface area contributed by atoms with Crippen LogP contribution in [0.3, 0.4) is 0 Å². The molecule has 0 aliphatic rings. The van der Waals surface area contributed by atoms with Gasteiger partial charge in [0, 0.05) is 11.6 Å². The summed E-state index contributed by atoms with van der Waals surface area (Å²) >= 11 is 0. The molecule has 22 heavy (non-hydrogen) atoms. The van der Waals surface area contributed by atoms with Gasteiger partial charge in [0.05, 0.1) is 19.1 Å². The first-order chi connectivity index (χ1) is 10.5. The number of hydrogen-bond acceptors (Lipinski definition) is 4. The minimum atomic E-state index is -3.60. The highest BCUT2D eigenvalue weighted by molar-refractivity contribution is 7.89. The van der Waals surface area contributed by atoms with E-state index < -0.39 is 16.1 Å². The summed E-state index contributed by atoms with van der Waals surface area (Å²) in [5.74, 6) is 1.24. The summed E-state index contributed by atoms with van der Waals surface area (Å²) in [6, 6.07) is 13.1. The van der Waals surface area contributed by atoms with E-state index in [1.165, 1.54) is 0 Å². The topological polar surface area (TPSA) is 64.6 Å².